The van der Waals surface area contributed by atoms with Gasteiger partial charge in [-0.3, -0.25) is 4.79 Å². The summed E-state index contributed by atoms with van der Waals surface area (Å²) >= 11 is 0. The highest BCUT2D eigenvalue weighted by atomic mass is 16.2. The maximum absolute atomic E-state index is 13.4. The molecule has 1 aliphatic carbocycles. The van der Waals surface area contributed by atoms with Crippen molar-refractivity contribution in [1.29, 1.82) is 0 Å². The minimum Gasteiger partial charge on any atom is -0.331 e. The van der Waals surface area contributed by atoms with Gasteiger partial charge in [0.2, 0.25) is 5.91 Å². The summed E-state index contributed by atoms with van der Waals surface area (Å²) in [5.74, 6) is 1.99. The number of aromatic nitrogens is 2. The molecule has 1 aromatic heterocycles. The van der Waals surface area contributed by atoms with Crippen molar-refractivity contribution in [2.45, 2.75) is 77.4 Å². The smallest absolute Gasteiger partial charge is 0.240 e. The van der Waals surface area contributed by atoms with Gasteiger partial charge in [-0.1, -0.05) is 82.7 Å². The van der Waals surface area contributed by atoms with Gasteiger partial charge in [0.05, 0.1) is 17.8 Å². The summed E-state index contributed by atoms with van der Waals surface area (Å²) in [4.78, 5) is 20.5. The Morgan fingerprint density at radius 1 is 1.17 bits per heavy atom. The number of rotatable bonds is 6. The average molecular weight is 409 g/mol. The normalized spacial score (nSPS) is 21.8. The summed E-state index contributed by atoms with van der Waals surface area (Å²) in [5, 5.41) is 0. The number of benzene rings is 1. The van der Waals surface area contributed by atoms with Crippen molar-refractivity contribution < 1.29 is 4.79 Å². The van der Waals surface area contributed by atoms with Gasteiger partial charge in [0, 0.05) is 24.8 Å². The van der Waals surface area contributed by atoms with Gasteiger partial charge in [-0.2, -0.15) is 0 Å². The van der Waals surface area contributed by atoms with Crippen molar-refractivity contribution in [3.05, 3.63) is 42.4 Å². The Morgan fingerprint density at radius 2 is 1.90 bits per heavy atom. The Labute approximate surface area is 180 Å². The average Bonchev–Trinajstić information content (AvgIpc) is 3.24. The lowest BCUT2D eigenvalue weighted by Crippen LogP contribution is -2.51. The first-order valence-electron chi connectivity index (χ1n) is 11.8. The Kier molecular flexibility index (Phi) is 6.57. The predicted octanol–water partition coefficient (Wildman–Crippen LogP) is 4.78. The van der Waals surface area contributed by atoms with Crippen LogP contribution >= 0.6 is 0 Å². The molecule has 1 fully saturated rings. The van der Waals surface area contributed by atoms with Crippen LogP contribution in [0.2, 0.25) is 0 Å². The molecule has 3 atom stereocenters. The minimum atomic E-state index is -0.432. The second-order valence-electron chi connectivity index (χ2n) is 9.24. The molecule has 30 heavy (non-hydrogen) atoms. The zero-order valence-electron chi connectivity index (χ0n) is 18.5. The second kappa shape index (κ2) is 9.34. The summed E-state index contributed by atoms with van der Waals surface area (Å²) in [6, 6.07) is 9.93. The van der Waals surface area contributed by atoms with Crippen LogP contribution in [-0.2, 0) is 11.3 Å². The molecule has 5 heteroatoms. The zero-order chi connectivity index (χ0) is 21.1. The molecule has 2 aliphatic rings. The highest BCUT2D eigenvalue weighted by molar-refractivity contribution is 5.82. The third-order valence-corrected chi connectivity index (χ3v) is 7.24. The number of nitrogens with zero attached hydrogens (tertiary/aromatic N) is 3. The van der Waals surface area contributed by atoms with Crippen LogP contribution in [0.3, 0.4) is 0 Å². The van der Waals surface area contributed by atoms with Crippen molar-refractivity contribution >= 4 is 5.91 Å². The van der Waals surface area contributed by atoms with Gasteiger partial charge in [0.15, 0.2) is 0 Å². The fourth-order valence-corrected chi connectivity index (χ4v) is 5.06. The van der Waals surface area contributed by atoms with E-state index in [0.29, 0.717) is 5.92 Å². The van der Waals surface area contributed by atoms with E-state index in [1.807, 2.05) is 18.2 Å². The second-order valence-corrected chi connectivity index (χ2v) is 9.24. The van der Waals surface area contributed by atoms with Crippen LogP contribution in [-0.4, -0.2) is 32.9 Å². The van der Waals surface area contributed by atoms with Crippen molar-refractivity contribution in [2.75, 3.05) is 6.54 Å². The quantitative estimate of drug-likeness (QED) is 0.748. The lowest BCUT2D eigenvalue weighted by molar-refractivity contribution is -0.138. The molecule has 162 valence electrons. The number of carbonyl (C=O) groups is 1. The van der Waals surface area contributed by atoms with Crippen LogP contribution in [0.5, 0.6) is 0 Å². The summed E-state index contributed by atoms with van der Waals surface area (Å²) in [5.41, 5.74) is 8.52. The highest BCUT2D eigenvalue weighted by Crippen LogP contribution is 2.38. The van der Waals surface area contributed by atoms with E-state index in [9.17, 15) is 4.79 Å². The van der Waals surface area contributed by atoms with E-state index in [2.05, 4.69) is 41.6 Å². The fourth-order valence-electron chi connectivity index (χ4n) is 5.06. The summed E-state index contributed by atoms with van der Waals surface area (Å²) in [6.07, 6.45) is 10.6. The lowest BCUT2D eigenvalue weighted by Gasteiger charge is -2.40. The van der Waals surface area contributed by atoms with E-state index in [1.165, 1.54) is 32.1 Å². The molecule has 0 bridgehead atoms. The molecular weight excluding hydrogens is 372 g/mol. The van der Waals surface area contributed by atoms with Crippen LogP contribution in [0.4, 0.5) is 0 Å². The molecule has 4 rings (SSSR count). The molecule has 0 radical (unpaired) electrons. The van der Waals surface area contributed by atoms with E-state index in [0.717, 1.165) is 43.0 Å². The van der Waals surface area contributed by atoms with Gasteiger partial charge in [-0.15, -0.1) is 0 Å². The summed E-state index contributed by atoms with van der Waals surface area (Å²) < 4.78 is 2.27. The third kappa shape index (κ3) is 4.31. The zero-order valence-corrected chi connectivity index (χ0v) is 18.5. The molecule has 5 nitrogen and oxygen atoms in total. The van der Waals surface area contributed by atoms with Crippen LogP contribution in [0, 0.1) is 11.8 Å². The van der Waals surface area contributed by atoms with E-state index in [-0.39, 0.29) is 17.9 Å². The number of hydrogen-bond acceptors (Lipinski definition) is 3. The molecule has 0 unspecified atom stereocenters. The number of hydrogen-bond donors (Lipinski definition) is 1. The van der Waals surface area contributed by atoms with Crippen molar-refractivity contribution in [1.82, 2.24) is 14.5 Å². The van der Waals surface area contributed by atoms with Crippen LogP contribution in [0.1, 0.15) is 70.7 Å². The first-order chi connectivity index (χ1) is 14.6. The van der Waals surface area contributed by atoms with Crippen molar-refractivity contribution in [3.63, 3.8) is 0 Å². The predicted molar refractivity (Wildman–Crippen MR) is 121 cm³/mol. The Bertz CT molecular complexity index is 840. The first kappa shape index (κ1) is 21.1. The Hall–Kier alpha value is -2.14. The van der Waals surface area contributed by atoms with Crippen LogP contribution < -0.4 is 5.73 Å². The molecule has 0 saturated heterocycles. The fraction of sp³-hybridized carbons (Fsp3) is 0.600. The van der Waals surface area contributed by atoms with Crippen LogP contribution in [0.25, 0.3) is 11.3 Å². The van der Waals surface area contributed by atoms with Gasteiger partial charge in [-0.05, 0) is 18.3 Å². The maximum atomic E-state index is 13.4. The molecule has 1 aliphatic heterocycles. The summed E-state index contributed by atoms with van der Waals surface area (Å²) in [7, 11) is 0. The van der Waals surface area contributed by atoms with Gasteiger partial charge in [0.1, 0.15) is 5.82 Å². The number of carbonyl (C=O) groups excluding carboxylic acids is 1. The first-order valence-corrected chi connectivity index (χ1v) is 11.8. The van der Waals surface area contributed by atoms with E-state index < -0.39 is 6.04 Å². The molecule has 2 N–H and O–H groups in total. The molecule has 0 spiro atoms. The van der Waals surface area contributed by atoms with Crippen molar-refractivity contribution in [2.24, 2.45) is 17.6 Å². The Balaban J connectivity index is 1.65. The van der Waals surface area contributed by atoms with Gasteiger partial charge < -0.3 is 15.2 Å². The molecule has 2 heterocycles. The lowest BCUT2D eigenvalue weighted by atomic mass is 9.83. The van der Waals surface area contributed by atoms with Crippen molar-refractivity contribution in [3.8, 4) is 11.3 Å². The Morgan fingerprint density at radius 3 is 2.60 bits per heavy atom. The standard InChI is InChI=1S/C25H36N4O/c1-3-18(2)23(26)25(30)29-15-14-28-17-21(20-12-8-5-9-13-20)27-24(28)22(29)16-19-10-6-4-7-11-19/h5,8-9,12-13,17-19,22-23H,3-4,6-7,10-11,14-16,26H2,1-2H3/t18-,22-,23-/m0/s1. The van der Waals surface area contributed by atoms with Gasteiger partial charge >= 0.3 is 0 Å². The minimum absolute atomic E-state index is 0.0296. The van der Waals surface area contributed by atoms with Crippen LogP contribution in [0.15, 0.2) is 36.5 Å². The summed E-state index contributed by atoms with van der Waals surface area (Å²) in [6.45, 7) is 5.69. The SMILES string of the molecule is CC[C@H](C)[C@H](N)C(=O)N1CCn2cc(-c3ccccc3)nc2[C@@H]1CC1CCCCC1. The maximum Gasteiger partial charge on any atom is 0.240 e. The topological polar surface area (TPSA) is 64.2 Å². The number of nitrogens with two attached hydrogens (primary N) is 1. The molecule has 1 saturated carbocycles. The third-order valence-electron chi connectivity index (χ3n) is 7.24. The number of imidazole rings is 1. The molecular formula is C25H36N4O. The number of fused-ring (bicyclic) bond motifs is 1. The molecule has 2 aromatic rings. The van der Waals surface area contributed by atoms with E-state index in [4.69, 9.17) is 10.7 Å². The monoisotopic (exact) mass is 408 g/mol. The van der Waals surface area contributed by atoms with Gasteiger partial charge in [-0.25, -0.2) is 4.98 Å². The van der Waals surface area contributed by atoms with Gasteiger partial charge in [0.25, 0.3) is 0 Å². The van der Waals surface area contributed by atoms with E-state index in [1.54, 1.807) is 0 Å². The largest absolute Gasteiger partial charge is 0.331 e. The number of amides is 1. The molecule has 1 aromatic carbocycles. The highest BCUT2D eigenvalue weighted by Gasteiger charge is 2.37. The molecule has 1 amide bonds. The van der Waals surface area contributed by atoms with E-state index >= 15 is 0 Å².